The van der Waals surface area contributed by atoms with Gasteiger partial charge in [0.25, 0.3) is 5.91 Å². The maximum atomic E-state index is 15.0. The van der Waals surface area contributed by atoms with Crippen LogP contribution in [0, 0.1) is 11.7 Å². The Morgan fingerprint density at radius 1 is 1.00 bits per heavy atom. The molecular formula is C30H25F4N7O. The lowest BCUT2D eigenvalue weighted by Gasteiger charge is -2.21. The van der Waals surface area contributed by atoms with Crippen molar-refractivity contribution in [3.8, 4) is 5.69 Å². The number of amides is 1. The Morgan fingerprint density at radius 3 is 2.52 bits per heavy atom. The molecule has 8 nitrogen and oxygen atoms in total. The summed E-state index contributed by atoms with van der Waals surface area (Å²) in [4.78, 5) is 21.4. The van der Waals surface area contributed by atoms with E-state index in [2.05, 4.69) is 25.7 Å². The zero-order valence-electron chi connectivity index (χ0n) is 22.1. The second-order valence-corrected chi connectivity index (χ2v) is 10.2. The van der Waals surface area contributed by atoms with Gasteiger partial charge in [0.2, 0.25) is 0 Å². The van der Waals surface area contributed by atoms with Crippen LogP contribution in [0.4, 0.5) is 29.1 Å². The molecule has 12 heteroatoms. The van der Waals surface area contributed by atoms with E-state index in [1.807, 2.05) is 30.3 Å². The highest BCUT2D eigenvalue weighted by Crippen LogP contribution is 2.33. The number of benzene rings is 3. The number of alkyl halides is 3. The van der Waals surface area contributed by atoms with Gasteiger partial charge in [-0.05, 0) is 66.8 Å². The number of rotatable bonds is 8. The quantitative estimate of drug-likeness (QED) is 0.199. The highest BCUT2D eigenvalue weighted by molar-refractivity contribution is 6.04. The van der Waals surface area contributed by atoms with Gasteiger partial charge >= 0.3 is 6.18 Å². The third kappa shape index (κ3) is 5.66. The number of carbonyl (C=O) groups is 1. The van der Waals surface area contributed by atoms with Crippen molar-refractivity contribution in [1.29, 1.82) is 0 Å². The van der Waals surface area contributed by atoms with E-state index in [1.54, 1.807) is 6.07 Å². The highest BCUT2D eigenvalue weighted by Gasteiger charge is 2.36. The molecule has 2 heterocycles. The Morgan fingerprint density at radius 2 is 1.79 bits per heavy atom. The number of carbonyl (C=O) groups excluding carboxylic acids is 1. The number of hydrogen-bond donors (Lipinski definition) is 3. The Balaban J connectivity index is 1.36. The van der Waals surface area contributed by atoms with Crippen LogP contribution < -0.4 is 16.4 Å². The van der Waals surface area contributed by atoms with Crippen molar-refractivity contribution < 1.29 is 22.4 Å². The first kappa shape index (κ1) is 27.3. The number of fused-ring (bicyclic) bond motifs is 1. The smallest absolute Gasteiger partial charge is 0.383 e. The zero-order chi connectivity index (χ0) is 29.4. The number of nitrogens with two attached hydrogens (primary N) is 1. The first-order chi connectivity index (χ1) is 20.2. The molecule has 1 atom stereocenters. The number of nitrogens with one attached hydrogen (secondary N) is 2. The molecule has 2 aromatic heterocycles. The second-order valence-electron chi connectivity index (χ2n) is 10.2. The van der Waals surface area contributed by atoms with Crippen molar-refractivity contribution in [2.24, 2.45) is 5.92 Å². The summed E-state index contributed by atoms with van der Waals surface area (Å²) < 4.78 is 56.9. The third-order valence-electron chi connectivity index (χ3n) is 7.14. The molecule has 0 bridgehead atoms. The van der Waals surface area contributed by atoms with E-state index in [0.29, 0.717) is 28.5 Å². The Bertz CT molecular complexity index is 1770. The number of nitrogen functional groups attached to an aromatic ring is 1. The summed E-state index contributed by atoms with van der Waals surface area (Å²) in [5.41, 5.74) is 6.24. The second kappa shape index (κ2) is 10.9. The van der Waals surface area contributed by atoms with E-state index in [0.717, 1.165) is 29.6 Å². The van der Waals surface area contributed by atoms with Gasteiger partial charge in [-0.15, -0.1) is 0 Å². The molecule has 214 valence electrons. The Labute approximate surface area is 237 Å². The summed E-state index contributed by atoms with van der Waals surface area (Å²) in [5.74, 6) is -1.03. The van der Waals surface area contributed by atoms with E-state index in [4.69, 9.17) is 5.73 Å². The van der Waals surface area contributed by atoms with Crippen LogP contribution in [-0.4, -0.2) is 32.2 Å². The van der Waals surface area contributed by atoms with E-state index < -0.39 is 29.3 Å². The lowest BCUT2D eigenvalue weighted by Crippen LogP contribution is -2.25. The summed E-state index contributed by atoms with van der Waals surface area (Å²) in [6.07, 6.45) is -1.29. The van der Waals surface area contributed by atoms with Crippen molar-refractivity contribution >= 4 is 28.3 Å². The molecule has 1 aliphatic rings. The monoisotopic (exact) mass is 575 g/mol. The van der Waals surface area contributed by atoms with Gasteiger partial charge < -0.3 is 16.4 Å². The number of anilines is 2. The number of halogens is 4. The molecule has 5 aromatic rings. The van der Waals surface area contributed by atoms with Crippen molar-refractivity contribution in [2.75, 3.05) is 17.6 Å². The maximum Gasteiger partial charge on any atom is 0.435 e. The largest absolute Gasteiger partial charge is 0.435 e. The molecule has 1 unspecified atom stereocenters. The molecule has 0 aliphatic heterocycles. The predicted octanol–water partition coefficient (Wildman–Crippen LogP) is 5.90. The first-order valence-electron chi connectivity index (χ1n) is 13.2. The Hall–Kier alpha value is -4.84. The van der Waals surface area contributed by atoms with Gasteiger partial charge in [0.1, 0.15) is 23.7 Å². The molecule has 3 aromatic carbocycles. The fourth-order valence-electron chi connectivity index (χ4n) is 4.76. The zero-order valence-corrected chi connectivity index (χ0v) is 22.1. The number of hydrogen-bond acceptors (Lipinski definition) is 6. The van der Waals surface area contributed by atoms with Crippen LogP contribution in [0.2, 0.25) is 0 Å². The SMILES string of the molecule is Nc1ncnc2ccc(-n3nc(C(F)(F)F)cc3C(=O)Nc3cc(C(NCC4CC4)c4ccccc4)ccc3F)cc12. The van der Waals surface area contributed by atoms with E-state index in [1.165, 1.54) is 36.7 Å². The molecule has 1 amide bonds. The summed E-state index contributed by atoms with van der Waals surface area (Å²) in [7, 11) is 0. The van der Waals surface area contributed by atoms with Crippen molar-refractivity contribution in [1.82, 2.24) is 25.1 Å². The fourth-order valence-corrected chi connectivity index (χ4v) is 4.76. The summed E-state index contributed by atoms with van der Waals surface area (Å²) in [6.45, 7) is 0.777. The third-order valence-corrected chi connectivity index (χ3v) is 7.14. The predicted molar refractivity (Wildman–Crippen MR) is 149 cm³/mol. The van der Waals surface area contributed by atoms with Gasteiger partial charge in [-0.25, -0.2) is 19.0 Å². The minimum Gasteiger partial charge on any atom is -0.383 e. The summed E-state index contributed by atoms with van der Waals surface area (Å²) in [6, 6.07) is 18.7. The van der Waals surface area contributed by atoms with Crippen LogP contribution in [0.5, 0.6) is 0 Å². The van der Waals surface area contributed by atoms with E-state index in [-0.39, 0.29) is 23.2 Å². The van der Waals surface area contributed by atoms with Gasteiger partial charge in [0, 0.05) is 11.5 Å². The van der Waals surface area contributed by atoms with Crippen molar-refractivity contribution in [3.63, 3.8) is 0 Å². The minimum absolute atomic E-state index is 0.109. The maximum absolute atomic E-state index is 15.0. The average Bonchev–Trinajstić information content (AvgIpc) is 3.68. The summed E-state index contributed by atoms with van der Waals surface area (Å²) in [5, 5.41) is 10.00. The number of aromatic nitrogens is 4. The van der Waals surface area contributed by atoms with Gasteiger partial charge in [-0.1, -0.05) is 36.4 Å². The highest BCUT2D eigenvalue weighted by atomic mass is 19.4. The van der Waals surface area contributed by atoms with E-state index >= 15 is 4.39 Å². The molecule has 1 saturated carbocycles. The van der Waals surface area contributed by atoms with Gasteiger partial charge in [-0.3, -0.25) is 4.79 Å². The minimum atomic E-state index is -4.83. The van der Waals surface area contributed by atoms with E-state index in [9.17, 15) is 18.0 Å². The summed E-state index contributed by atoms with van der Waals surface area (Å²) >= 11 is 0. The van der Waals surface area contributed by atoms with Gasteiger partial charge in [0.05, 0.1) is 22.9 Å². The van der Waals surface area contributed by atoms with Crippen LogP contribution in [0.1, 0.15) is 46.2 Å². The van der Waals surface area contributed by atoms with Crippen LogP contribution in [-0.2, 0) is 6.18 Å². The van der Waals surface area contributed by atoms with Crippen LogP contribution >= 0.6 is 0 Å². The molecule has 42 heavy (non-hydrogen) atoms. The molecule has 4 N–H and O–H groups in total. The molecule has 1 aliphatic carbocycles. The first-order valence-corrected chi connectivity index (χ1v) is 13.2. The van der Waals surface area contributed by atoms with Crippen LogP contribution in [0.15, 0.2) is 79.1 Å². The topological polar surface area (TPSA) is 111 Å². The van der Waals surface area contributed by atoms with Gasteiger partial charge in [-0.2, -0.15) is 18.3 Å². The molecular weight excluding hydrogens is 550 g/mol. The fraction of sp³-hybridized carbons (Fsp3) is 0.200. The molecule has 0 saturated heterocycles. The lowest BCUT2D eigenvalue weighted by molar-refractivity contribution is -0.141. The lowest BCUT2D eigenvalue weighted by atomic mass is 9.97. The van der Waals surface area contributed by atoms with Crippen LogP contribution in [0.25, 0.3) is 16.6 Å². The van der Waals surface area contributed by atoms with Crippen molar-refractivity contribution in [3.05, 3.63) is 107 Å². The molecule has 1 fully saturated rings. The standard InChI is InChI=1S/C30H25F4N7O/c31-22-10-8-19(27(36-15-17-6-7-17)18-4-2-1-3-5-18)12-24(22)39-29(42)25-14-26(30(32,33)34)40-41(25)20-9-11-23-21(13-20)28(35)38-16-37-23/h1-5,8-14,16-17,27,36H,6-7,15H2,(H,39,42)(H2,35,37,38). The van der Waals surface area contributed by atoms with Gasteiger partial charge in [0.15, 0.2) is 5.69 Å². The molecule has 0 spiro atoms. The van der Waals surface area contributed by atoms with Crippen LogP contribution in [0.3, 0.4) is 0 Å². The molecule has 6 rings (SSSR count). The van der Waals surface area contributed by atoms with Crippen molar-refractivity contribution in [2.45, 2.75) is 25.1 Å². The Kier molecular flexibility index (Phi) is 7.07. The average molecular weight is 576 g/mol. The molecule has 0 radical (unpaired) electrons. The number of nitrogens with zero attached hydrogens (tertiary/aromatic N) is 4. The normalized spacial score (nSPS) is 14.2.